The molecule has 3 nitrogen and oxygen atoms in total. The third-order valence-electron chi connectivity index (χ3n) is 4.06. The van der Waals surface area contributed by atoms with E-state index < -0.39 is 6.10 Å². The second-order valence-corrected chi connectivity index (χ2v) is 6.07. The van der Waals surface area contributed by atoms with E-state index in [0.717, 1.165) is 22.6 Å². The lowest BCUT2D eigenvalue weighted by atomic mass is 10.1. The Balaban J connectivity index is 2.10. The number of rotatable bonds is 5. The Bertz CT molecular complexity index is 707. The van der Waals surface area contributed by atoms with Crippen LogP contribution in [0.3, 0.4) is 0 Å². The highest BCUT2D eigenvalue weighted by atomic mass is 16.5. The van der Waals surface area contributed by atoms with Crippen molar-refractivity contribution in [3.05, 3.63) is 58.7 Å². The van der Waals surface area contributed by atoms with E-state index in [-0.39, 0.29) is 5.91 Å². The van der Waals surface area contributed by atoms with Crippen molar-refractivity contribution in [1.82, 2.24) is 0 Å². The summed E-state index contributed by atoms with van der Waals surface area (Å²) in [4.78, 5) is 12.5. The van der Waals surface area contributed by atoms with Gasteiger partial charge in [-0.3, -0.25) is 4.79 Å². The maximum absolute atomic E-state index is 12.5. The Morgan fingerprint density at radius 2 is 1.74 bits per heavy atom. The Morgan fingerprint density at radius 1 is 1.00 bits per heavy atom. The van der Waals surface area contributed by atoms with Crippen LogP contribution in [0.25, 0.3) is 0 Å². The molecule has 0 aromatic heterocycles. The molecule has 0 bridgehead atoms. The topological polar surface area (TPSA) is 38.3 Å². The number of hydrogen-bond donors (Lipinski definition) is 1. The van der Waals surface area contributed by atoms with Gasteiger partial charge in [0, 0.05) is 5.69 Å². The molecular weight excluding hydrogens is 286 g/mol. The van der Waals surface area contributed by atoms with Gasteiger partial charge in [-0.25, -0.2) is 0 Å². The smallest absolute Gasteiger partial charge is 0.265 e. The van der Waals surface area contributed by atoms with Crippen LogP contribution in [0.5, 0.6) is 5.75 Å². The first-order valence-corrected chi connectivity index (χ1v) is 8.02. The molecule has 0 heterocycles. The minimum atomic E-state index is -0.502. The first-order chi connectivity index (χ1) is 10.9. The molecule has 1 N–H and O–H groups in total. The number of ether oxygens (including phenoxy) is 1. The maximum Gasteiger partial charge on any atom is 0.265 e. The summed E-state index contributed by atoms with van der Waals surface area (Å²) in [6.45, 7) is 10.1. The summed E-state index contributed by atoms with van der Waals surface area (Å²) in [7, 11) is 0. The molecule has 1 unspecified atom stereocenters. The van der Waals surface area contributed by atoms with Crippen LogP contribution < -0.4 is 10.1 Å². The van der Waals surface area contributed by atoms with Gasteiger partial charge < -0.3 is 10.1 Å². The third kappa shape index (κ3) is 4.35. The van der Waals surface area contributed by atoms with Crippen LogP contribution in [0, 0.1) is 27.7 Å². The average molecular weight is 311 g/mol. The number of carbonyl (C=O) groups is 1. The summed E-state index contributed by atoms with van der Waals surface area (Å²) in [6.07, 6.45) is 0.113. The molecule has 0 aliphatic rings. The normalized spacial score (nSPS) is 11.9. The van der Waals surface area contributed by atoms with Gasteiger partial charge >= 0.3 is 0 Å². The van der Waals surface area contributed by atoms with Gasteiger partial charge in [0.2, 0.25) is 0 Å². The standard InChI is InChI=1S/C20H25NO2/c1-6-19(23-17-9-8-14(3)15(4)12-17)20(22)21-18-10-7-13(2)11-16(18)5/h7-12,19H,6H2,1-5H3,(H,21,22). The average Bonchev–Trinajstić information content (AvgIpc) is 2.51. The fraction of sp³-hybridized carbons (Fsp3) is 0.350. The first kappa shape index (κ1) is 17.1. The van der Waals surface area contributed by atoms with Crippen molar-refractivity contribution in [3.63, 3.8) is 0 Å². The van der Waals surface area contributed by atoms with Gasteiger partial charge in [-0.05, 0) is 69.0 Å². The van der Waals surface area contributed by atoms with Crippen LogP contribution >= 0.6 is 0 Å². The summed E-state index contributed by atoms with van der Waals surface area (Å²) in [5.74, 6) is 0.619. The number of amides is 1. The van der Waals surface area contributed by atoms with E-state index >= 15 is 0 Å². The largest absolute Gasteiger partial charge is 0.481 e. The quantitative estimate of drug-likeness (QED) is 0.868. The molecule has 0 saturated heterocycles. The number of carbonyl (C=O) groups excluding carboxylic acids is 1. The van der Waals surface area contributed by atoms with Crippen molar-refractivity contribution in [3.8, 4) is 5.75 Å². The van der Waals surface area contributed by atoms with Crippen LogP contribution in [0.1, 0.15) is 35.6 Å². The molecule has 0 fully saturated rings. The van der Waals surface area contributed by atoms with E-state index in [1.807, 2.05) is 58.0 Å². The summed E-state index contributed by atoms with van der Waals surface area (Å²) >= 11 is 0. The minimum Gasteiger partial charge on any atom is -0.481 e. The van der Waals surface area contributed by atoms with Crippen molar-refractivity contribution >= 4 is 11.6 Å². The van der Waals surface area contributed by atoms with Crippen molar-refractivity contribution < 1.29 is 9.53 Å². The summed E-state index contributed by atoms with van der Waals surface area (Å²) in [5.41, 5.74) is 5.44. The van der Waals surface area contributed by atoms with Crippen LogP contribution in [-0.2, 0) is 4.79 Å². The molecule has 0 aliphatic carbocycles. The van der Waals surface area contributed by atoms with Crippen LogP contribution in [0.4, 0.5) is 5.69 Å². The molecule has 23 heavy (non-hydrogen) atoms. The number of nitrogens with one attached hydrogen (secondary N) is 1. The molecule has 0 radical (unpaired) electrons. The summed E-state index contributed by atoms with van der Waals surface area (Å²) in [6, 6.07) is 11.9. The lowest BCUT2D eigenvalue weighted by Crippen LogP contribution is -2.32. The van der Waals surface area contributed by atoms with Crippen LogP contribution in [0.2, 0.25) is 0 Å². The molecule has 1 amide bonds. The number of hydrogen-bond acceptors (Lipinski definition) is 2. The SMILES string of the molecule is CCC(Oc1ccc(C)c(C)c1)C(=O)Nc1ccc(C)cc1C. The molecule has 1 atom stereocenters. The first-order valence-electron chi connectivity index (χ1n) is 8.02. The maximum atomic E-state index is 12.5. The molecule has 2 rings (SSSR count). The zero-order valence-corrected chi connectivity index (χ0v) is 14.6. The van der Waals surface area contributed by atoms with Crippen LogP contribution in [0.15, 0.2) is 36.4 Å². The Kier molecular flexibility index (Phi) is 5.43. The summed E-state index contributed by atoms with van der Waals surface area (Å²) in [5, 5.41) is 2.97. The van der Waals surface area contributed by atoms with E-state index in [1.54, 1.807) is 0 Å². The monoisotopic (exact) mass is 311 g/mol. The van der Waals surface area contributed by atoms with Gasteiger partial charge in [-0.2, -0.15) is 0 Å². The highest BCUT2D eigenvalue weighted by Gasteiger charge is 2.19. The predicted molar refractivity (Wildman–Crippen MR) is 95.2 cm³/mol. The zero-order valence-electron chi connectivity index (χ0n) is 14.6. The Morgan fingerprint density at radius 3 is 2.35 bits per heavy atom. The van der Waals surface area contributed by atoms with Gasteiger partial charge in [0.1, 0.15) is 5.75 Å². The minimum absolute atomic E-state index is 0.113. The van der Waals surface area contributed by atoms with Crippen molar-refractivity contribution in [1.29, 1.82) is 0 Å². The van der Waals surface area contributed by atoms with Crippen LogP contribution in [-0.4, -0.2) is 12.0 Å². The Hall–Kier alpha value is -2.29. The van der Waals surface area contributed by atoms with Gasteiger partial charge in [0.25, 0.3) is 5.91 Å². The zero-order chi connectivity index (χ0) is 17.0. The molecule has 2 aromatic rings. The van der Waals surface area contributed by atoms with Gasteiger partial charge in [-0.15, -0.1) is 0 Å². The van der Waals surface area contributed by atoms with Crippen molar-refractivity contribution in [2.75, 3.05) is 5.32 Å². The second kappa shape index (κ2) is 7.32. The van der Waals surface area contributed by atoms with E-state index in [4.69, 9.17) is 4.74 Å². The lowest BCUT2D eigenvalue weighted by molar-refractivity contribution is -0.122. The molecule has 122 valence electrons. The molecule has 0 saturated carbocycles. The highest BCUT2D eigenvalue weighted by molar-refractivity contribution is 5.95. The number of aryl methyl sites for hydroxylation is 4. The van der Waals surface area contributed by atoms with E-state index in [2.05, 4.69) is 18.3 Å². The lowest BCUT2D eigenvalue weighted by Gasteiger charge is -2.19. The van der Waals surface area contributed by atoms with Gasteiger partial charge in [0.15, 0.2) is 6.10 Å². The fourth-order valence-corrected chi connectivity index (χ4v) is 2.44. The van der Waals surface area contributed by atoms with E-state index in [1.165, 1.54) is 11.1 Å². The molecule has 0 aliphatic heterocycles. The molecule has 0 spiro atoms. The third-order valence-corrected chi connectivity index (χ3v) is 4.06. The second-order valence-electron chi connectivity index (χ2n) is 6.07. The molecular formula is C20H25NO2. The number of benzene rings is 2. The van der Waals surface area contributed by atoms with Crippen molar-refractivity contribution in [2.24, 2.45) is 0 Å². The molecule has 3 heteroatoms. The molecule has 2 aromatic carbocycles. The van der Waals surface area contributed by atoms with Gasteiger partial charge in [0.05, 0.1) is 0 Å². The predicted octanol–water partition coefficient (Wildman–Crippen LogP) is 4.72. The van der Waals surface area contributed by atoms with E-state index in [0.29, 0.717) is 6.42 Å². The highest BCUT2D eigenvalue weighted by Crippen LogP contribution is 2.20. The fourth-order valence-electron chi connectivity index (χ4n) is 2.44. The van der Waals surface area contributed by atoms with E-state index in [9.17, 15) is 4.79 Å². The number of anilines is 1. The van der Waals surface area contributed by atoms with Crippen molar-refractivity contribution in [2.45, 2.75) is 47.1 Å². The summed E-state index contributed by atoms with van der Waals surface area (Å²) < 4.78 is 5.89. The van der Waals surface area contributed by atoms with Gasteiger partial charge in [-0.1, -0.05) is 30.7 Å². The Labute approximate surface area is 138 Å².